The van der Waals surface area contributed by atoms with Crippen LogP contribution in [0.5, 0.6) is 11.5 Å². The maximum absolute atomic E-state index is 13.3. The summed E-state index contributed by atoms with van der Waals surface area (Å²) < 4.78 is 12.4. The quantitative estimate of drug-likeness (QED) is 0.484. The molecule has 34 heavy (non-hydrogen) atoms. The number of benzene rings is 1. The summed E-state index contributed by atoms with van der Waals surface area (Å²) in [6, 6.07) is 11.2. The van der Waals surface area contributed by atoms with Gasteiger partial charge in [0.15, 0.2) is 17.1 Å². The fourth-order valence-electron chi connectivity index (χ4n) is 4.39. The second-order valence-electron chi connectivity index (χ2n) is 8.22. The van der Waals surface area contributed by atoms with Crippen LogP contribution in [-0.2, 0) is 4.79 Å². The summed E-state index contributed by atoms with van der Waals surface area (Å²) in [5.41, 5.74) is 2.59. The van der Waals surface area contributed by atoms with Crippen LogP contribution in [0.4, 0.5) is 5.69 Å². The predicted octanol–water partition coefficient (Wildman–Crippen LogP) is 3.68. The van der Waals surface area contributed by atoms with Gasteiger partial charge in [-0.3, -0.25) is 9.59 Å². The number of nitrogens with one attached hydrogen (secondary N) is 1. The van der Waals surface area contributed by atoms with Crippen molar-refractivity contribution in [2.24, 2.45) is 5.92 Å². The van der Waals surface area contributed by atoms with Crippen LogP contribution in [0.15, 0.2) is 54.2 Å². The molecule has 2 aliphatic rings. The minimum absolute atomic E-state index is 0.0517. The van der Waals surface area contributed by atoms with Gasteiger partial charge in [-0.2, -0.15) is 5.10 Å². The Labute approximate surface area is 198 Å². The number of ether oxygens (including phenoxy) is 2. The first-order valence-electron chi connectivity index (χ1n) is 11.0. The second kappa shape index (κ2) is 8.45. The normalized spacial score (nSPS) is 15.6. The van der Waals surface area contributed by atoms with Crippen LogP contribution in [0, 0.1) is 5.92 Å². The van der Waals surface area contributed by atoms with Gasteiger partial charge in [0.2, 0.25) is 12.7 Å². The minimum Gasteiger partial charge on any atom is -0.454 e. The van der Waals surface area contributed by atoms with E-state index in [-0.39, 0.29) is 24.5 Å². The summed E-state index contributed by atoms with van der Waals surface area (Å²) in [5.74, 6) is 0.976. The number of amides is 2. The summed E-state index contributed by atoms with van der Waals surface area (Å²) in [6.45, 7) is 1.19. The van der Waals surface area contributed by atoms with Crippen molar-refractivity contribution in [3.63, 3.8) is 0 Å². The minimum atomic E-state index is -0.165. The Morgan fingerprint density at radius 3 is 2.76 bits per heavy atom. The number of likely N-dealkylation sites (tertiary alicyclic amines) is 1. The molecule has 172 valence electrons. The number of anilines is 1. The molecular formula is C24H21N5O4S. The third kappa shape index (κ3) is 3.65. The molecular weight excluding hydrogens is 454 g/mol. The molecule has 5 heterocycles. The molecule has 6 rings (SSSR count). The van der Waals surface area contributed by atoms with Crippen molar-refractivity contribution in [2.45, 2.75) is 12.8 Å². The first-order chi connectivity index (χ1) is 16.7. The molecule has 9 nitrogen and oxygen atoms in total. The van der Waals surface area contributed by atoms with Crippen molar-refractivity contribution in [3.8, 4) is 22.1 Å². The van der Waals surface area contributed by atoms with Crippen LogP contribution >= 0.6 is 11.3 Å². The van der Waals surface area contributed by atoms with Crippen LogP contribution in [0.3, 0.4) is 0 Å². The van der Waals surface area contributed by atoms with E-state index in [1.165, 1.54) is 0 Å². The van der Waals surface area contributed by atoms with E-state index in [1.807, 2.05) is 23.6 Å². The van der Waals surface area contributed by atoms with Gasteiger partial charge in [0, 0.05) is 37.0 Å². The zero-order chi connectivity index (χ0) is 23.1. The SMILES string of the molecule is O=C(Nc1ccc2c(c1)OCO2)C1CCN(C(=O)c2cnn3c(-c4cccs4)ccnc23)CC1. The van der Waals surface area contributed by atoms with Crippen LogP contribution in [0.25, 0.3) is 16.2 Å². The van der Waals surface area contributed by atoms with Gasteiger partial charge in [-0.25, -0.2) is 9.50 Å². The summed E-state index contributed by atoms with van der Waals surface area (Å²) in [5, 5.41) is 9.40. The molecule has 0 radical (unpaired) electrons. The smallest absolute Gasteiger partial charge is 0.259 e. The van der Waals surface area contributed by atoms with Crippen molar-refractivity contribution in [1.82, 2.24) is 19.5 Å². The molecule has 0 saturated carbocycles. The van der Waals surface area contributed by atoms with Crippen molar-refractivity contribution in [3.05, 3.63) is 59.7 Å². The molecule has 3 aromatic heterocycles. The Hall–Kier alpha value is -3.92. The van der Waals surface area contributed by atoms with Crippen LogP contribution in [0.2, 0.25) is 0 Å². The zero-order valence-corrected chi connectivity index (χ0v) is 19.0. The Morgan fingerprint density at radius 1 is 1.09 bits per heavy atom. The number of thiophene rings is 1. The molecule has 1 N–H and O–H groups in total. The number of hydrogen-bond acceptors (Lipinski definition) is 7. The van der Waals surface area contributed by atoms with Crippen molar-refractivity contribution < 1.29 is 19.1 Å². The lowest BCUT2D eigenvalue weighted by atomic mass is 9.95. The first kappa shape index (κ1) is 20.7. The van der Waals surface area contributed by atoms with Gasteiger partial charge in [-0.05, 0) is 42.5 Å². The number of hydrogen-bond donors (Lipinski definition) is 1. The lowest BCUT2D eigenvalue weighted by molar-refractivity contribution is -0.121. The fraction of sp³-hybridized carbons (Fsp3) is 0.250. The molecule has 0 bridgehead atoms. The molecule has 1 aromatic carbocycles. The van der Waals surface area contributed by atoms with Gasteiger partial charge >= 0.3 is 0 Å². The number of carbonyl (C=O) groups excluding carboxylic acids is 2. The summed E-state index contributed by atoms with van der Waals surface area (Å²) in [6.07, 6.45) is 4.47. The number of aromatic nitrogens is 3. The average Bonchev–Trinajstić information content (AvgIpc) is 3.64. The number of piperidine rings is 1. The Kier molecular flexibility index (Phi) is 5.14. The highest BCUT2D eigenvalue weighted by atomic mass is 32.1. The standard InChI is InChI=1S/C24H21N5O4S/c30-23(27-16-3-4-19-20(12-16)33-14-32-19)15-6-9-28(10-7-15)24(31)17-13-26-29-18(5-8-25-22(17)29)21-2-1-11-34-21/h1-5,8,11-13,15H,6-7,9-10,14H2,(H,27,30). The summed E-state index contributed by atoms with van der Waals surface area (Å²) in [7, 11) is 0. The number of nitrogens with zero attached hydrogens (tertiary/aromatic N) is 4. The molecule has 2 aliphatic heterocycles. The largest absolute Gasteiger partial charge is 0.454 e. The van der Waals surface area contributed by atoms with Crippen molar-refractivity contribution >= 4 is 34.5 Å². The third-order valence-electron chi connectivity index (χ3n) is 6.20. The van der Waals surface area contributed by atoms with E-state index in [4.69, 9.17) is 9.47 Å². The maximum atomic E-state index is 13.3. The maximum Gasteiger partial charge on any atom is 0.259 e. The molecule has 0 atom stereocenters. The molecule has 1 fully saturated rings. The Balaban J connectivity index is 1.12. The van der Waals surface area contributed by atoms with Crippen LogP contribution in [0.1, 0.15) is 23.2 Å². The highest BCUT2D eigenvalue weighted by Gasteiger charge is 2.30. The van der Waals surface area contributed by atoms with E-state index in [1.54, 1.807) is 51.3 Å². The Morgan fingerprint density at radius 2 is 1.94 bits per heavy atom. The molecule has 4 aromatic rings. The van der Waals surface area contributed by atoms with Gasteiger partial charge in [0.1, 0.15) is 5.56 Å². The first-order valence-corrected chi connectivity index (χ1v) is 11.9. The van der Waals surface area contributed by atoms with Gasteiger partial charge < -0.3 is 19.7 Å². The zero-order valence-electron chi connectivity index (χ0n) is 18.1. The van der Waals surface area contributed by atoms with E-state index in [2.05, 4.69) is 15.4 Å². The van der Waals surface area contributed by atoms with Crippen molar-refractivity contribution in [1.29, 1.82) is 0 Å². The second-order valence-corrected chi connectivity index (χ2v) is 9.17. The van der Waals surface area contributed by atoms with Gasteiger partial charge in [0.05, 0.1) is 16.8 Å². The van der Waals surface area contributed by atoms with E-state index >= 15 is 0 Å². The van der Waals surface area contributed by atoms with Gasteiger partial charge in [0.25, 0.3) is 5.91 Å². The number of fused-ring (bicyclic) bond motifs is 2. The number of rotatable bonds is 4. The van der Waals surface area contributed by atoms with Crippen LogP contribution in [-0.4, -0.2) is 51.2 Å². The monoisotopic (exact) mass is 475 g/mol. The van der Waals surface area contributed by atoms with E-state index in [0.717, 1.165) is 10.6 Å². The van der Waals surface area contributed by atoms with E-state index in [0.29, 0.717) is 54.3 Å². The van der Waals surface area contributed by atoms with E-state index < -0.39 is 0 Å². The molecule has 0 unspecified atom stereocenters. The molecule has 10 heteroatoms. The highest BCUT2D eigenvalue weighted by Crippen LogP contribution is 2.34. The lowest BCUT2D eigenvalue weighted by Crippen LogP contribution is -2.41. The lowest BCUT2D eigenvalue weighted by Gasteiger charge is -2.31. The summed E-state index contributed by atoms with van der Waals surface area (Å²) >= 11 is 1.61. The van der Waals surface area contributed by atoms with Gasteiger partial charge in [-0.1, -0.05) is 6.07 Å². The van der Waals surface area contributed by atoms with Crippen LogP contribution < -0.4 is 14.8 Å². The van der Waals surface area contributed by atoms with Gasteiger partial charge in [-0.15, -0.1) is 11.3 Å². The Bertz CT molecular complexity index is 1380. The van der Waals surface area contributed by atoms with E-state index in [9.17, 15) is 9.59 Å². The molecule has 1 saturated heterocycles. The molecule has 2 amide bonds. The highest BCUT2D eigenvalue weighted by molar-refractivity contribution is 7.13. The number of carbonyl (C=O) groups is 2. The predicted molar refractivity (Wildman–Crippen MR) is 126 cm³/mol. The third-order valence-corrected chi connectivity index (χ3v) is 7.09. The fourth-order valence-corrected chi connectivity index (χ4v) is 5.12. The average molecular weight is 476 g/mol. The molecule has 0 aliphatic carbocycles. The summed E-state index contributed by atoms with van der Waals surface area (Å²) in [4.78, 5) is 33.3. The topological polar surface area (TPSA) is 98.1 Å². The van der Waals surface area contributed by atoms with Crippen molar-refractivity contribution in [2.75, 3.05) is 25.2 Å². The molecule has 0 spiro atoms.